The van der Waals surface area contributed by atoms with Gasteiger partial charge in [0.05, 0.1) is 0 Å². The molecule has 1 aliphatic rings. The molecule has 1 saturated heterocycles. The van der Waals surface area contributed by atoms with Crippen LogP contribution < -0.4 is 16.2 Å². The van der Waals surface area contributed by atoms with Gasteiger partial charge in [0.15, 0.2) is 0 Å². The third-order valence-electron chi connectivity index (χ3n) is 4.07. The lowest BCUT2D eigenvalue weighted by molar-refractivity contribution is 0.249. The van der Waals surface area contributed by atoms with Crippen LogP contribution in [0.2, 0.25) is 0 Å². The smallest absolute Gasteiger partial charge is 0.148 e. The maximum Gasteiger partial charge on any atom is 0.148 e. The predicted molar refractivity (Wildman–Crippen MR) is 82.9 cm³/mol. The zero-order valence-electron chi connectivity index (χ0n) is 12.9. The number of hydrogen-bond acceptors (Lipinski definition) is 6. The average molecular weight is 278 g/mol. The summed E-state index contributed by atoms with van der Waals surface area (Å²) in [7, 11) is 4.31. The Hall–Kier alpha value is -1.40. The number of hydrazine groups is 1. The number of anilines is 2. The summed E-state index contributed by atoms with van der Waals surface area (Å²) in [5.41, 5.74) is 3.81. The summed E-state index contributed by atoms with van der Waals surface area (Å²) in [5.74, 6) is 7.68. The second-order valence-corrected chi connectivity index (χ2v) is 5.94. The first-order chi connectivity index (χ1) is 9.54. The summed E-state index contributed by atoms with van der Waals surface area (Å²) in [6.07, 6.45) is 3.92. The van der Waals surface area contributed by atoms with Gasteiger partial charge in [-0.15, -0.1) is 0 Å². The molecular weight excluding hydrogens is 252 g/mol. The summed E-state index contributed by atoms with van der Waals surface area (Å²) in [5, 5.41) is 0. The Bertz CT molecular complexity index is 437. The topological polar surface area (TPSA) is 70.3 Å². The van der Waals surface area contributed by atoms with Crippen molar-refractivity contribution in [3.63, 3.8) is 0 Å². The maximum atomic E-state index is 5.58. The lowest BCUT2D eigenvalue weighted by Crippen LogP contribution is -2.42. The van der Waals surface area contributed by atoms with Gasteiger partial charge in [-0.3, -0.25) is 0 Å². The number of nitrogens with one attached hydrogen (secondary N) is 1. The Morgan fingerprint density at radius 1 is 1.30 bits per heavy atom. The number of rotatable bonds is 4. The van der Waals surface area contributed by atoms with E-state index >= 15 is 0 Å². The first-order valence-electron chi connectivity index (χ1n) is 7.27. The van der Waals surface area contributed by atoms with Gasteiger partial charge in [-0.05, 0) is 32.9 Å². The Balaban J connectivity index is 2.21. The number of nitrogens with zero attached hydrogens (tertiary/aromatic N) is 4. The van der Waals surface area contributed by atoms with Crippen molar-refractivity contribution in [2.45, 2.75) is 38.6 Å². The molecule has 0 aliphatic carbocycles. The van der Waals surface area contributed by atoms with Gasteiger partial charge in [-0.2, -0.15) is 0 Å². The molecule has 0 bridgehead atoms. The Morgan fingerprint density at radius 2 is 1.95 bits per heavy atom. The van der Waals surface area contributed by atoms with Gasteiger partial charge < -0.3 is 15.2 Å². The number of hydrogen-bond donors (Lipinski definition) is 2. The van der Waals surface area contributed by atoms with E-state index in [-0.39, 0.29) is 0 Å². The Labute approximate surface area is 121 Å². The van der Waals surface area contributed by atoms with Crippen LogP contribution in [0.25, 0.3) is 0 Å². The van der Waals surface area contributed by atoms with E-state index in [1.807, 2.05) is 0 Å². The van der Waals surface area contributed by atoms with Crippen molar-refractivity contribution in [2.75, 3.05) is 37.5 Å². The highest BCUT2D eigenvalue weighted by molar-refractivity contribution is 5.60. The molecule has 1 aromatic rings. The van der Waals surface area contributed by atoms with Gasteiger partial charge in [0.25, 0.3) is 0 Å². The highest BCUT2D eigenvalue weighted by Crippen LogP contribution is 2.32. The van der Waals surface area contributed by atoms with E-state index in [2.05, 4.69) is 53.1 Å². The lowest BCUT2D eigenvalue weighted by Gasteiger charge is -2.37. The predicted octanol–water partition coefficient (Wildman–Crippen LogP) is 1.42. The van der Waals surface area contributed by atoms with Crippen molar-refractivity contribution in [2.24, 2.45) is 5.84 Å². The molecule has 0 unspecified atom stereocenters. The maximum absolute atomic E-state index is 5.58. The van der Waals surface area contributed by atoms with Crippen LogP contribution in [-0.2, 0) is 0 Å². The molecule has 0 spiro atoms. The van der Waals surface area contributed by atoms with Gasteiger partial charge in [-0.25, -0.2) is 15.8 Å². The second-order valence-electron chi connectivity index (χ2n) is 5.94. The minimum atomic E-state index is 0.337. The Kier molecular flexibility index (Phi) is 4.77. The zero-order valence-corrected chi connectivity index (χ0v) is 12.9. The summed E-state index contributed by atoms with van der Waals surface area (Å²) < 4.78 is 0. The third kappa shape index (κ3) is 3.02. The van der Waals surface area contributed by atoms with Gasteiger partial charge in [-0.1, -0.05) is 13.8 Å². The first kappa shape index (κ1) is 15.0. The zero-order chi connectivity index (χ0) is 14.7. The van der Waals surface area contributed by atoms with Crippen molar-refractivity contribution in [3.05, 3.63) is 11.9 Å². The van der Waals surface area contributed by atoms with E-state index in [0.29, 0.717) is 12.0 Å². The van der Waals surface area contributed by atoms with E-state index < -0.39 is 0 Å². The van der Waals surface area contributed by atoms with Gasteiger partial charge in [0.2, 0.25) is 0 Å². The van der Waals surface area contributed by atoms with Crippen LogP contribution in [0.3, 0.4) is 0 Å². The fourth-order valence-corrected chi connectivity index (χ4v) is 2.88. The standard InChI is InChI=1S/C14H26N6/c1-10(2)12-13(18-15)16-9-17-14(12)20-7-5-11(6-8-20)19(3)4/h9-11H,5-8,15H2,1-4H3,(H,16,17,18). The van der Waals surface area contributed by atoms with E-state index in [9.17, 15) is 0 Å². The molecule has 0 saturated carbocycles. The van der Waals surface area contributed by atoms with Crippen LogP contribution in [0.5, 0.6) is 0 Å². The van der Waals surface area contributed by atoms with Crippen molar-refractivity contribution < 1.29 is 0 Å². The van der Waals surface area contributed by atoms with Crippen LogP contribution in [0.4, 0.5) is 11.6 Å². The van der Waals surface area contributed by atoms with Crippen molar-refractivity contribution >= 4 is 11.6 Å². The van der Waals surface area contributed by atoms with Gasteiger partial charge >= 0.3 is 0 Å². The minimum Gasteiger partial charge on any atom is -0.356 e. The monoisotopic (exact) mass is 278 g/mol. The van der Waals surface area contributed by atoms with Crippen LogP contribution in [0.15, 0.2) is 6.33 Å². The lowest BCUT2D eigenvalue weighted by atomic mass is 10.0. The average Bonchev–Trinajstić information content (AvgIpc) is 2.46. The van der Waals surface area contributed by atoms with Crippen molar-refractivity contribution in [3.8, 4) is 0 Å². The highest BCUT2D eigenvalue weighted by Gasteiger charge is 2.25. The summed E-state index contributed by atoms with van der Waals surface area (Å²) in [4.78, 5) is 13.4. The van der Waals surface area contributed by atoms with Crippen LogP contribution >= 0.6 is 0 Å². The molecule has 6 nitrogen and oxygen atoms in total. The molecule has 0 aromatic carbocycles. The summed E-state index contributed by atoms with van der Waals surface area (Å²) in [6, 6.07) is 0.669. The highest BCUT2D eigenvalue weighted by atomic mass is 15.3. The second kappa shape index (κ2) is 6.37. The largest absolute Gasteiger partial charge is 0.356 e. The van der Waals surface area contributed by atoms with E-state index in [1.54, 1.807) is 6.33 Å². The van der Waals surface area contributed by atoms with Crippen LogP contribution in [0.1, 0.15) is 38.2 Å². The Morgan fingerprint density at radius 3 is 2.45 bits per heavy atom. The van der Waals surface area contributed by atoms with E-state index in [0.717, 1.165) is 30.3 Å². The van der Waals surface area contributed by atoms with Crippen molar-refractivity contribution in [1.82, 2.24) is 14.9 Å². The van der Waals surface area contributed by atoms with Crippen LogP contribution in [-0.4, -0.2) is 48.1 Å². The first-order valence-corrected chi connectivity index (χ1v) is 7.27. The fourth-order valence-electron chi connectivity index (χ4n) is 2.88. The number of aromatic nitrogens is 2. The molecule has 1 fully saturated rings. The molecule has 0 atom stereocenters. The molecule has 0 amide bonds. The summed E-state index contributed by atoms with van der Waals surface area (Å²) in [6.45, 7) is 6.36. The number of nitrogen functional groups attached to an aromatic ring is 1. The van der Waals surface area contributed by atoms with E-state index in [1.165, 1.54) is 12.8 Å². The number of nitrogens with two attached hydrogens (primary N) is 1. The van der Waals surface area contributed by atoms with Gasteiger partial charge in [0.1, 0.15) is 18.0 Å². The number of piperidine rings is 1. The third-order valence-corrected chi connectivity index (χ3v) is 4.07. The van der Waals surface area contributed by atoms with Gasteiger partial charge in [0, 0.05) is 24.7 Å². The molecule has 2 rings (SSSR count). The fraction of sp³-hybridized carbons (Fsp3) is 0.714. The molecular formula is C14H26N6. The van der Waals surface area contributed by atoms with E-state index in [4.69, 9.17) is 5.84 Å². The molecule has 2 heterocycles. The summed E-state index contributed by atoms with van der Waals surface area (Å²) >= 11 is 0. The molecule has 6 heteroatoms. The molecule has 1 aliphatic heterocycles. The molecule has 20 heavy (non-hydrogen) atoms. The molecule has 3 N–H and O–H groups in total. The minimum absolute atomic E-state index is 0.337. The van der Waals surface area contributed by atoms with Crippen molar-refractivity contribution in [1.29, 1.82) is 0 Å². The molecule has 112 valence electrons. The van der Waals surface area contributed by atoms with Crippen LogP contribution in [0, 0.1) is 0 Å². The SMILES string of the molecule is CC(C)c1c(NN)ncnc1N1CCC(N(C)C)CC1. The normalized spacial score (nSPS) is 17.1. The molecule has 1 aromatic heterocycles. The quantitative estimate of drug-likeness (QED) is 0.641. The molecule has 0 radical (unpaired) electrons.